The van der Waals surface area contributed by atoms with Crippen molar-refractivity contribution in [1.82, 2.24) is 5.32 Å². The molecule has 0 radical (unpaired) electrons. The van der Waals surface area contributed by atoms with Gasteiger partial charge in [0.25, 0.3) is 0 Å². The average Bonchev–Trinajstić information content (AvgIpc) is 2.27. The molecular formula is C14H29NO2. The molecule has 0 rings (SSSR count). The van der Waals surface area contributed by atoms with Crippen LogP contribution in [-0.4, -0.2) is 22.7 Å². The molecule has 0 aliphatic rings. The molecule has 0 aliphatic carbocycles. The molecule has 102 valence electrons. The van der Waals surface area contributed by atoms with Gasteiger partial charge in [-0.25, -0.2) is 0 Å². The van der Waals surface area contributed by atoms with Crippen LogP contribution in [0.25, 0.3) is 0 Å². The Balaban J connectivity index is 4.88. The molecule has 0 heterocycles. The summed E-state index contributed by atoms with van der Waals surface area (Å²) in [5, 5.41) is 12.9. The van der Waals surface area contributed by atoms with Crippen molar-refractivity contribution in [3.8, 4) is 0 Å². The molecule has 0 aromatic heterocycles. The third-order valence-electron chi connectivity index (χ3n) is 3.91. The molecule has 3 heteroatoms. The Morgan fingerprint density at radius 2 is 1.76 bits per heavy atom. The van der Waals surface area contributed by atoms with Crippen molar-refractivity contribution in [1.29, 1.82) is 0 Å². The van der Waals surface area contributed by atoms with Crippen molar-refractivity contribution in [2.75, 3.05) is 0 Å². The average molecular weight is 243 g/mol. The van der Waals surface area contributed by atoms with Crippen molar-refractivity contribution in [3.05, 3.63) is 0 Å². The zero-order valence-electron chi connectivity index (χ0n) is 12.2. The fourth-order valence-electron chi connectivity index (χ4n) is 1.95. The van der Waals surface area contributed by atoms with Gasteiger partial charge in [-0.2, -0.15) is 0 Å². The number of rotatable bonds is 8. The van der Waals surface area contributed by atoms with Crippen LogP contribution in [0.2, 0.25) is 0 Å². The van der Waals surface area contributed by atoms with Crippen LogP contribution in [0.1, 0.15) is 60.8 Å². The van der Waals surface area contributed by atoms with E-state index in [4.69, 9.17) is 0 Å². The molecule has 0 amide bonds. The number of nitrogens with one attached hydrogen (secondary N) is 1. The summed E-state index contributed by atoms with van der Waals surface area (Å²) >= 11 is 0. The number of hydrogen-bond acceptors (Lipinski definition) is 2. The smallest absolute Gasteiger partial charge is 0.323 e. The van der Waals surface area contributed by atoms with Gasteiger partial charge >= 0.3 is 5.97 Å². The second-order valence-electron chi connectivity index (χ2n) is 5.64. The minimum Gasteiger partial charge on any atom is -0.480 e. The standard InChI is InChI=1S/C14H29NO2/c1-7-11(5)9-14(8-2,13(16)17)15-12(6)10(3)4/h10-12,15H,7-9H2,1-6H3,(H,16,17). The van der Waals surface area contributed by atoms with E-state index >= 15 is 0 Å². The molecule has 0 aliphatic heterocycles. The predicted molar refractivity (Wildman–Crippen MR) is 72.2 cm³/mol. The molecule has 3 unspecified atom stereocenters. The summed E-state index contributed by atoms with van der Waals surface area (Å²) < 4.78 is 0. The third kappa shape index (κ3) is 4.66. The Bertz CT molecular complexity index is 240. The highest BCUT2D eigenvalue weighted by Gasteiger charge is 2.38. The molecule has 0 spiro atoms. The highest BCUT2D eigenvalue weighted by atomic mass is 16.4. The second-order valence-corrected chi connectivity index (χ2v) is 5.64. The largest absolute Gasteiger partial charge is 0.480 e. The summed E-state index contributed by atoms with van der Waals surface area (Å²) in [7, 11) is 0. The van der Waals surface area contributed by atoms with Crippen LogP contribution in [0.4, 0.5) is 0 Å². The van der Waals surface area contributed by atoms with E-state index in [1.807, 2.05) is 6.92 Å². The first-order valence-corrected chi connectivity index (χ1v) is 6.80. The van der Waals surface area contributed by atoms with E-state index in [1.54, 1.807) is 0 Å². The zero-order valence-corrected chi connectivity index (χ0v) is 12.2. The molecule has 0 fully saturated rings. The number of carboxylic acids is 1. The third-order valence-corrected chi connectivity index (χ3v) is 3.91. The van der Waals surface area contributed by atoms with Crippen molar-refractivity contribution < 1.29 is 9.90 Å². The topological polar surface area (TPSA) is 49.3 Å². The van der Waals surface area contributed by atoms with Gasteiger partial charge < -0.3 is 5.11 Å². The highest BCUT2D eigenvalue weighted by molar-refractivity contribution is 5.78. The number of hydrogen-bond donors (Lipinski definition) is 2. The number of carbonyl (C=O) groups is 1. The molecule has 0 aromatic carbocycles. The van der Waals surface area contributed by atoms with Crippen LogP contribution < -0.4 is 5.32 Å². The van der Waals surface area contributed by atoms with Gasteiger partial charge in [-0.05, 0) is 31.6 Å². The maximum Gasteiger partial charge on any atom is 0.323 e. The van der Waals surface area contributed by atoms with Gasteiger partial charge in [0.05, 0.1) is 0 Å². The first-order chi connectivity index (χ1) is 7.79. The first kappa shape index (κ1) is 16.4. The lowest BCUT2D eigenvalue weighted by molar-refractivity contribution is -0.146. The predicted octanol–water partition coefficient (Wildman–Crippen LogP) is 3.29. The molecule has 17 heavy (non-hydrogen) atoms. The molecule has 0 bridgehead atoms. The van der Waals surface area contributed by atoms with Crippen LogP contribution in [0.15, 0.2) is 0 Å². The van der Waals surface area contributed by atoms with Gasteiger partial charge in [-0.3, -0.25) is 10.1 Å². The molecule has 2 N–H and O–H groups in total. The number of aliphatic carboxylic acids is 1. The monoisotopic (exact) mass is 243 g/mol. The molecule has 3 nitrogen and oxygen atoms in total. The summed E-state index contributed by atoms with van der Waals surface area (Å²) in [4.78, 5) is 11.6. The van der Waals surface area contributed by atoms with Crippen molar-refractivity contribution in [2.24, 2.45) is 11.8 Å². The molecule has 0 saturated heterocycles. The van der Waals surface area contributed by atoms with Crippen molar-refractivity contribution in [2.45, 2.75) is 72.4 Å². The van der Waals surface area contributed by atoms with Crippen LogP contribution in [0.3, 0.4) is 0 Å². The van der Waals surface area contributed by atoms with E-state index in [9.17, 15) is 9.90 Å². The summed E-state index contributed by atoms with van der Waals surface area (Å²) in [6.07, 6.45) is 2.35. The Kier molecular flexibility index (Phi) is 6.76. The quantitative estimate of drug-likeness (QED) is 0.687. The van der Waals surface area contributed by atoms with Crippen LogP contribution >= 0.6 is 0 Å². The second kappa shape index (κ2) is 7.00. The van der Waals surface area contributed by atoms with E-state index in [2.05, 4.69) is 39.9 Å². The fourth-order valence-corrected chi connectivity index (χ4v) is 1.95. The Morgan fingerprint density at radius 3 is 2.06 bits per heavy atom. The Labute approximate surface area is 106 Å². The SMILES string of the molecule is CCC(C)CC(CC)(NC(C)C(C)C)C(=O)O. The minimum absolute atomic E-state index is 0.218. The Morgan fingerprint density at radius 1 is 1.24 bits per heavy atom. The Hall–Kier alpha value is -0.570. The van der Waals surface area contributed by atoms with E-state index in [1.165, 1.54) is 0 Å². The lowest BCUT2D eigenvalue weighted by Crippen LogP contribution is -2.56. The lowest BCUT2D eigenvalue weighted by Gasteiger charge is -2.36. The van der Waals surface area contributed by atoms with Gasteiger partial charge in [0, 0.05) is 6.04 Å². The zero-order chi connectivity index (χ0) is 13.6. The van der Waals surface area contributed by atoms with Gasteiger partial charge in [-0.15, -0.1) is 0 Å². The lowest BCUT2D eigenvalue weighted by atomic mass is 9.83. The maximum atomic E-state index is 11.6. The fraction of sp³-hybridized carbons (Fsp3) is 0.929. The van der Waals surface area contributed by atoms with E-state index in [0.717, 1.165) is 6.42 Å². The van der Waals surface area contributed by atoms with Crippen LogP contribution in [0.5, 0.6) is 0 Å². The van der Waals surface area contributed by atoms with Gasteiger partial charge in [-0.1, -0.05) is 41.0 Å². The first-order valence-electron chi connectivity index (χ1n) is 6.80. The van der Waals surface area contributed by atoms with Gasteiger partial charge in [0.2, 0.25) is 0 Å². The maximum absolute atomic E-state index is 11.6. The van der Waals surface area contributed by atoms with E-state index in [-0.39, 0.29) is 6.04 Å². The van der Waals surface area contributed by atoms with E-state index < -0.39 is 11.5 Å². The molecule has 0 aromatic rings. The highest BCUT2D eigenvalue weighted by Crippen LogP contribution is 2.25. The van der Waals surface area contributed by atoms with Gasteiger partial charge in [0.1, 0.15) is 5.54 Å². The van der Waals surface area contributed by atoms with Crippen LogP contribution in [0, 0.1) is 11.8 Å². The normalized spacial score (nSPS) is 18.8. The summed E-state index contributed by atoms with van der Waals surface area (Å²) in [5.74, 6) is 0.155. The van der Waals surface area contributed by atoms with E-state index in [0.29, 0.717) is 24.7 Å². The molecule has 0 saturated carbocycles. The minimum atomic E-state index is -0.765. The summed E-state index contributed by atoms with van der Waals surface area (Å²) in [5.41, 5.74) is -0.765. The van der Waals surface area contributed by atoms with Crippen molar-refractivity contribution >= 4 is 5.97 Å². The van der Waals surface area contributed by atoms with Crippen molar-refractivity contribution in [3.63, 3.8) is 0 Å². The summed E-state index contributed by atoms with van der Waals surface area (Å²) in [6.45, 7) is 12.5. The van der Waals surface area contributed by atoms with Gasteiger partial charge in [0.15, 0.2) is 0 Å². The molecular weight excluding hydrogens is 214 g/mol. The number of carboxylic acid groups (broad SMARTS) is 1. The van der Waals surface area contributed by atoms with Crippen LogP contribution in [-0.2, 0) is 4.79 Å². The summed E-state index contributed by atoms with van der Waals surface area (Å²) in [6, 6.07) is 0.218. The molecule has 3 atom stereocenters.